The highest BCUT2D eigenvalue weighted by atomic mass is 19.4. The molecule has 0 saturated carbocycles. The van der Waals surface area contributed by atoms with Crippen LogP contribution in [0.3, 0.4) is 0 Å². The van der Waals surface area contributed by atoms with Crippen LogP contribution in [0.15, 0.2) is 24.5 Å². The highest BCUT2D eigenvalue weighted by Gasteiger charge is 2.31. The molecule has 1 amide bonds. The van der Waals surface area contributed by atoms with Gasteiger partial charge in [0.25, 0.3) is 5.91 Å². The van der Waals surface area contributed by atoms with Gasteiger partial charge in [0.05, 0.1) is 35.2 Å². The van der Waals surface area contributed by atoms with Crippen LogP contribution < -0.4 is 5.32 Å². The molecule has 2 aromatic rings. The van der Waals surface area contributed by atoms with Gasteiger partial charge in [0.1, 0.15) is 0 Å². The highest BCUT2D eigenvalue weighted by Crippen LogP contribution is 2.28. The first kappa shape index (κ1) is 17.9. The number of alkyl halides is 3. The van der Waals surface area contributed by atoms with Crippen molar-refractivity contribution in [1.29, 1.82) is 0 Å². The van der Waals surface area contributed by atoms with Crippen molar-refractivity contribution in [2.75, 3.05) is 6.61 Å². The lowest BCUT2D eigenvalue weighted by molar-refractivity contribution is -0.137. The zero-order valence-electron chi connectivity index (χ0n) is 13.3. The first-order chi connectivity index (χ1) is 11.0. The first-order valence-corrected chi connectivity index (χ1v) is 7.07. The van der Waals surface area contributed by atoms with Gasteiger partial charge in [-0.25, -0.2) is 9.67 Å². The molecular formula is C15H17F3N4O2. The molecular weight excluding hydrogens is 325 g/mol. The van der Waals surface area contributed by atoms with Crippen molar-refractivity contribution < 1.29 is 23.1 Å². The SMILES string of the molecule is Cc1c(C(=O)NC(C)(C)CO)cnn1-c1ccc(C(F)(F)F)cn1. The molecule has 2 aromatic heterocycles. The van der Waals surface area contributed by atoms with Gasteiger partial charge in [-0.3, -0.25) is 4.79 Å². The van der Waals surface area contributed by atoms with Gasteiger partial charge in [0.2, 0.25) is 0 Å². The van der Waals surface area contributed by atoms with E-state index in [-0.39, 0.29) is 18.0 Å². The molecule has 2 rings (SSSR count). The monoisotopic (exact) mass is 342 g/mol. The number of aliphatic hydroxyl groups excluding tert-OH is 1. The van der Waals surface area contributed by atoms with Crippen LogP contribution in [0.25, 0.3) is 5.82 Å². The second-order valence-corrected chi connectivity index (χ2v) is 5.95. The Balaban J connectivity index is 2.28. The van der Waals surface area contributed by atoms with E-state index >= 15 is 0 Å². The van der Waals surface area contributed by atoms with Crippen molar-refractivity contribution >= 4 is 5.91 Å². The maximum absolute atomic E-state index is 12.6. The third kappa shape index (κ3) is 3.73. The van der Waals surface area contributed by atoms with E-state index in [1.54, 1.807) is 20.8 Å². The summed E-state index contributed by atoms with van der Waals surface area (Å²) >= 11 is 0. The highest BCUT2D eigenvalue weighted by molar-refractivity contribution is 5.95. The average Bonchev–Trinajstić information content (AvgIpc) is 2.88. The van der Waals surface area contributed by atoms with Crippen LogP contribution in [-0.4, -0.2) is 37.9 Å². The maximum atomic E-state index is 12.6. The minimum absolute atomic E-state index is 0.168. The Bertz CT molecular complexity index is 736. The summed E-state index contributed by atoms with van der Waals surface area (Å²) < 4.78 is 39.0. The Kier molecular flexibility index (Phi) is 4.66. The Morgan fingerprint density at radius 3 is 2.46 bits per heavy atom. The number of aliphatic hydroxyl groups is 1. The number of hydrogen-bond acceptors (Lipinski definition) is 4. The van der Waals surface area contributed by atoms with Crippen molar-refractivity contribution in [3.05, 3.63) is 41.3 Å². The van der Waals surface area contributed by atoms with E-state index in [2.05, 4.69) is 15.4 Å². The fourth-order valence-corrected chi connectivity index (χ4v) is 1.96. The standard InChI is InChI=1S/C15H17F3N4O2/c1-9-11(13(24)21-14(2,3)8-23)7-20-22(9)12-5-4-10(6-19-12)15(16,17)18/h4-7,23H,8H2,1-3H3,(H,21,24). The number of pyridine rings is 1. The van der Waals surface area contributed by atoms with Crippen molar-refractivity contribution in [3.8, 4) is 5.82 Å². The molecule has 0 aliphatic rings. The average molecular weight is 342 g/mol. The molecule has 0 saturated heterocycles. The maximum Gasteiger partial charge on any atom is 0.417 e. The Morgan fingerprint density at radius 1 is 1.29 bits per heavy atom. The number of carbonyl (C=O) groups excluding carboxylic acids is 1. The lowest BCUT2D eigenvalue weighted by Crippen LogP contribution is -2.46. The normalized spacial score (nSPS) is 12.3. The van der Waals surface area contributed by atoms with Gasteiger partial charge in [0.15, 0.2) is 5.82 Å². The predicted octanol–water partition coefficient (Wildman–Crippen LogP) is 2.10. The predicted molar refractivity (Wildman–Crippen MR) is 79.7 cm³/mol. The molecule has 6 nitrogen and oxygen atoms in total. The number of nitrogens with zero attached hydrogens (tertiary/aromatic N) is 3. The van der Waals surface area contributed by atoms with Crippen molar-refractivity contribution in [2.45, 2.75) is 32.5 Å². The molecule has 0 aromatic carbocycles. The molecule has 130 valence electrons. The minimum atomic E-state index is -4.47. The summed E-state index contributed by atoms with van der Waals surface area (Å²) in [5.74, 6) is -0.273. The number of halogens is 3. The molecule has 0 fully saturated rings. The van der Waals surface area contributed by atoms with Crippen molar-refractivity contribution in [3.63, 3.8) is 0 Å². The van der Waals surface area contributed by atoms with Crippen molar-refractivity contribution in [2.24, 2.45) is 0 Å². The van der Waals surface area contributed by atoms with E-state index in [1.807, 2.05) is 0 Å². The van der Waals surface area contributed by atoms with E-state index in [0.717, 1.165) is 6.07 Å². The molecule has 0 atom stereocenters. The van der Waals surface area contributed by atoms with Crippen LogP contribution in [0.1, 0.15) is 35.5 Å². The number of aromatic nitrogens is 3. The third-order valence-corrected chi connectivity index (χ3v) is 3.39. The Labute approximate surface area is 136 Å². The molecule has 24 heavy (non-hydrogen) atoms. The summed E-state index contributed by atoms with van der Waals surface area (Å²) in [6.45, 7) is 4.67. The van der Waals surface area contributed by atoms with Gasteiger partial charge in [-0.15, -0.1) is 0 Å². The van der Waals surface area contributed by atoms with E-state index in [4.69, 9.17) is 0 Å². The first-order valence-electron chi connectivity index (χ1n) is 7.07. The number of nitrogens with one attached hydrogen (secondary N) is 1. The summed E-state index contributed by atoms with van der Waals surface area (Å²) in [4.78, 5) is 16.0. The summed E-state index contributed by atoms with van der Waals surface area (Å²) in [5.41, 5.74) is -0.997. The molecule has 0 spiro atoms. The van der Waals surface area contributed by atoms with Crippen molar-refractivity contribution in [1.82, 2.24) is 20.1 Å². The van der Waals surface area contributed by atoms with Gasteiger partial charge < -0.3 is 10.4 Å². The number of amides is 1. The van der Waals surface area contributed by atoms with Gasteiger partial charge in [0, 0.05) is 6.20 Å². The molecule has 0 aliphatic carbocycles. The van der Waals surface area contributed by atoms with E-state index in [0.29, 0.717) is 11.9 Å². The zero-order valence-corrected chi connectivity index (χ0v) is 13.3. The van der Waals surface area contributed by atoms with Crippen LogP contribution in [0.5, 0.6) is 0 Å². The Hall–Kier alpha value is -2.42. The molecule has 9 heteroatoms. The lowest BCUT2D eigenvalue weighted by atomic mass is 10.1. The smallest absolute Gasteiger partial charge is 0.394 e. The van der Waals surface area contributed by atoms with Crippen LogP contribution in [0, 0.1) is 6.92 Å². The summed E-state index contributed by atoms with van der Waals surface area (Å²) in [7, 11) is 0. The summed E-state index contributed by atoms with van der Waals surface area (Å²) in [5, 5.41) is 15.8. The van der Waals surface area contributed by atoms with E-state index in [9.17, 15) is 23.1 Å². The zero-order chi connectivity index (χ0) is 18.1. The van der Waals surface area contributed by atoms with Gasteiger partial charge >= 0.3 is 6.18 Å². The van der Waals surface area contributed by atoms with Gasteiger partial charge in [-0.05, 0) is 32.9 Å². The largest absolute Gasteiger partial charge is 0.417 e. The van der Waals surface area contributed by atoms with Crippen LogP contribution in [0.2, 0.25) is 0 Å². The van der Waals surface area contributed by atoms with Gasteiger partial charge in [-0.1, -0.05) is 0 Å². The fourth-order valence-electron chi connectivity index (χ4n) is 1.96. The molecule has 0 unspecified atom stereocenters. The molecule has 2 heterocycles. The van der Waals surface area contributed by atoms with Gasteiger partial charge in [-0.2, -0.15) is 18.3 Å². The van der Waals surface area contributed by atoms with Crippen LogP contribution in [0.4, 0.5) is 13.2 Å². The second kappa shape index (κ2) is 6.23. The third-order valence-electron chi connectivity index (χ3n) is 3.39. The Morgan fingerprint density at radius 2 is 1.96 bits per heavy atom. The summed E-state index contributed by atoms with van der Waals surface area (Å²) in [6.07, 6.45) is -2.45. The number of carbonyl (C=O) groups is 1. The fraction of sp³-hybridized carbons (Fsp3) is 0.400. The molecule has 0 bridgehead atoms. The number of hydrogen-bond donors (Lipinski definition) is 2. The van der Waals surface area contributed by atoms with Crippen LogP contribution >= 0.6 is 0 Å². The second-order valence-electron chi connectivity index (χ2n) is 5.95. The number of rotatable bonds is 4. The topological polar surface area (TPSA) is 80.0 Å². The molecule has 0 aliphatic heterocycles. The van der Waals surface area contributed by atoms with E-state index < -0.39 is 23.2 Å². The minimum Gasteiger partial charge on any atom is -0.394 e. The molecule has 2 N–H and O–H groups in total. The molecule has 0 radical (unpaired) electrons. The van der Waals surface area contributed by atoms with E-state index in [1.165, 1.54) is 16.9 Å². The quantitative estimate of drug-likeness (QED) is 0.892. The van der Waals surface area contributed by atoms with Crippen LogP contribution in [-0.2, 0) is 6.18 Å². The lowest BCUT2D eigenvalue weighted by Gasteiger charge is -2.23. The summed E-state index contributed by atoms with van der Waals surface area (Å²) in [6, 6.07) is 2.08.